The molecule has 1 aliphatic rings. The first-order valence-corrected chi connectivity index (χ1v) is 8.43. The molecular formula is C18H31NO6. The fourth-order valence-corrected chi connectivity index (χ4v) is 1.86. The molecule has 0 aromatic rings. The van der Waals surface area contributed by atoms with E-state index in [-0.39, 0.29) is 24.8 Å². The lowest BCUT2D eigenvalue weighted by Gasteiger charge is -2.33. The number of carbonyl (C=O) groups excluding carboxylic acids is 2. The standard InChI is InChI=1S/C18H31NO6/c1-12-13(2)15(21)19(14(12)20)11-10-18(9,24-22-16(3,4)5)25-23-17(6,7)8/h10-11H2,1-9H3. The topological polar surface area (TPSA) is 74.3 Å². The average molecular weight is 357 g/mol. The van der Waals surface area contributed by atoms with Crippen molar-refractivity contribution in [2.75, 3.05) is 6.54 Å². The summed E-state index contributed by atoms with van der Waals surface area (Å²) in [7, 11) is 0. The van der Waals surface area contributed by atoms with Gasteiger partial charge in [-0.25, -0.2) is 9.78 Å². The third-order valence-corrected chi connectivity index (χ3v) is 3.42. The lowest BCUT2D eigenvalue weighted by atomic mass is 10.2. The summed E-state index contributed by atoms with van der Waals surface area (Å²) in [6.07, 6.45) is 0.192. The summed E-state index contributed by atoms with van der Waals surface area (Å²) in [5.74, 6) is -1.87. The quantitative estimate of drug-likeness (QED) is 0.301. The number of amides is 2. The third-order valence-electron chi connectivity index (χ3n) is 3.42. The van der Waals surface area contributed by atoms with E-state index in [0.717, 1.165) is 0 Å². The normalized spacial score (nSPS) is 17.1. The summed E-state index contributed by atoms with van der Waals surface area (Å²) >= 11 is 0. The van der Waals surface area contributed by atoms with Gasteiger partial charge in [0.15, 0.2) is 0 Å². The van der Waals surface area contributed by atoms with Crippen molar-refractivity contribution in [3.63, 3.8) is 0 Å². The highest BCUT2D eigenvalue weighted by Gasteiger charge is 2.38. The number of rotatable bonds is 7. The van der Waals surface area contributed by atoms with E-state index < -0.39 is 17.0 Å². The van der Waals surface area contributed by atoms with Crippen molar-refractivity contribution < 1.29 is 29.1 Å². The van der Waals surface area contributed by atoms with Crippen LogP contribution in [0.4, 0.5) is 0 Å². The van der Waals surface area contributed by atoms with Crippen LogP contribution in [0.2, 0.25) is 0 Å². The molecule has 2 amide bonds. The van der Waals surface area contributed by atoms with Gasteiger partial charge in [-0.05, 0) is 62.3 Å². The van der Waals surface area contributed by atoms with Crippen LogP contribution < -0.4 is 0 Å². The molecule has 7 nitrogen and oxygen atoms in total. The maximum Gasteiger partial charge on any atom is 0.256 e. The molecule has 144 valence electrons. The first kappa shape index (κ1) is 21.8. The van der Waals surface area contributed by atoms with Gasteiger partial charge in [0.1, 0.15) is 0 Å². The van der Waals surface area contributed by atoms with Crippen LogP contribution in [-0.4, -0.2) is 40.2 Å². The Morgan fingerprint density at radius 3 is 1.40 bits per heavy atom. The maximum atomic E-state index is 12.2. The number of imide groups is 1. The van der Waals surface area contributed by atoms with Gasteiger partial charge in [0.25, 0.3) is 11.8 Å². The monoisotopic (exact) mass is 357 g/mol. The zero-order chi connectivity index (χ0) is 19.6. The maximum absolute atomic E-state index is 12.2. The number of nitrogens with zero attached hydrogens (tertiary/aromatic N) is 1. The van der Waals surface area contributed by atoms with Gasteiger partial charge in [0.05, 0.1) is 11.2 Å². The summed E-state index contributed by atoms with van der Waals surface area (Å²) in [6, 6.07) is 0. The van der Waals surface area contributed by atoms with Crippen molar-refractivity contribution in [1.29, 1.82) is 0 Å². The van der Waals surface area contributed by atoms with Gasteiger partial charge in [-0.1, -0.05) is 0 Å². The fourth-order valence-electron chi connectivity index (χ4n) is 1.86. The second kappa shape index (κ2) is 7.53. The first-order valence-electron chi connectivity index (χ1n) is 8.43. The molecular weight excluding hydrogens is 326 g/mol. The second-order valence-corrected chi connectivity index (χ2v) is 8.45. The minimum Gasteiger partial charge on any atom is -0.275 e. The van der Waals surface area contributed by atoms with E-state index in [2.05, 4.69) is 0 Å². The molecule has 0 bridgehead atoms. The molecule has 0 N–H and O–H groups in total. The van der Waals surface area contributed by atoms with E-state index in [4.69, 9.17) is 19.6 Å². The summed E-state index contributed by atoms with van der Waals surface area (Å²) in [5, 5.41) is 0. The predicted molar refractivity (Wildman–Crippen MR) is 92.0 cm³/mol. The average Bonchev–Trinajstić information content (AvgIpc) is 2.64. The smallest absolute Gasteiger partial charge is 0.256 e. The van der Waals surface area contributed by atoms with Crippen molar-refractivity contribution in [2.24, 2.45) is 0 Å². The molecule has 0 saturated heterocycles. The number of hydrogen-bond donors (Lipinski definition) is 0. The Hall–Kier alpha value is -1.28. The Morgan fingerprint density at radius 2 is 1.08 bits per heavy atom. The molecule has 0 fully saturated rings. The van der Waals surface area contributed by atoms with Gasteiger partial charge in [0.2, 0.25) is 5.79 Å². The number of hydrogen-bond acceptors (Lipinski definition) is 6. The van der Waals surface area contributed by atoms with Crippen LogP contribution in [0.1, 0.15) is 68.7 Å². The summed E-state index contributed by atoms with van der Waals surface area (Å²) < 4.78 is 0. The zero-order valence-electron chi connectivity index (χ0n) is 16.8. The van der Waals surface area contributed by atoms with Gasteiger partial charge in [-0.2, -0.15) is 9.78 Å². The van der Waals surface area contributed by atoms with Crippen LogP contribution >= 0.6 is 0 Å². The summed E-state index contributed by atoms with van der Waals surface area (Å²) in [6.45, 7) is 16.1. The van der Waals surface area contributed by atoms with E-state index in [9.17, 15) is 9.59 Å². The van der Waals surface area contributed by atoms with Crippen LogP contribution in [-0.2, 0) is 29.1 Å². The van der Waals surface area contributed by atoms with Crippen LogP contribution in [0.25, 0.3) is 0 Å². The Balaban J connectivity index is 2.80. The molecule has 1 heterocycles. The van der Waals surface area contributed by atoms with Crippen molar-refractivity contribution in [3.05, 3.63) is 11.1 Å². The highest BCUT2D eigenvalue weighted by molar-refractivity contribution is 6.18. The summed E-state index contributed by atoms with van der Waals surface area (Å²) in [4.78, 5) is 47.2. The Labute approximate surface area is 150 Å². The lowest BCUT2D eigenvalue weighted by Crippen LogP contribution is -2.43. The SMILES string of the molecule is CC1=C(C)C(=O)N(CCC(C)(OOC(C)(C)C)OOC(C)(C)C)C1=O. The molecule has 1 aliphatic heterocycles. The molecule has 0 atom stereocenters. The molecule has 7 heteroatoms. The van der Waals surface area contributed by atoms with Crippen molar-refractivity contribution in [2.45, 2.75) is 85.7 Å². The van der Waals surface area contributed by atoms with Crippen LogP contribution in [0.5, 0.6) is 0 Å². The highest BCUT2D eigenvalue weighted by atomic mass is 17.3. The first-order chi connectivity index (χ1) is 11.2. The largest absolute Gasteiger partial charge is 0.275 e. The molecule has 0 aromatic heterocycles. The lowest BCUT2D eigenvalue weighted by molar-refractivity contribution is -0.537. The van der Waals surface area contributed by atoms with Crippen LogP contribution in [0, 0.1) is 0 Å². The van der Waals surface area contributed by atoms with E-state index in [1.165, 1.54) is 4.90 Å². The molecule has 0 radical (unpaired) electrons. The van der Waals surface area contributed by atoms with E-state index in [1.54, 1.807) is 20.8 Å². The second-order valence-electron chi connectivity index (χ2n) is 8.45. The minimum atomic E-state index is -1.29. The van der Waals surface area contributed by atoms with Gasteiger partial charge < -0.3 is 0 Å². The van der Waals surface area contributed by atoms with Crippen LogP contribution in [0.3, 0.4) is 0 Å². The molecule has 0 saturated carbocycles. The van der Waals surface area contributed by atoms with Gasteiger partial charge in [0, 0.05) is 24.1 Å². The van der Waals surface area contributed by atoms with E-state index in [1.807, 2.05) is 41.5 Å². The molecule has 1 rings (SSSR count). The Bertz CT molecular complexity index is 511. The van der Waals surface area contributed by atoms with Crippen molar-refractivity contribution >= 4 is 11.8 Å². The third kappa shape index (κ3) is 6.51. The Kier molecular flexibility index (Phi) is 6.56. The van der Waals surface area contributed by atoms with Crippen LogP contribution in [0.15, 0.2) is 11.1 Å². The van der Waals surface area contributed by atoms with Gasteiger partial charge in [-0.15, -0.1) is 0 Å². The zero-order valence-corrected chi connectivity index (χ0v) is 16.8. The molecule has 0 unspecified atom stereocenters. The van der Waals surface area contributed by atoms with Crippen molar-refractivity contribution in [3.8, 4) is 0 Å². The highest BCUT2D eigenvalue weighted by Crippen LogP contribution is 2.27. The van der Waals surface area contributed by atoms with Gasteiger partial charge in [-0.3, -0.25) is 14.5 Å². The minimum absolute atomic E-state index is 0.129. The summed E-state index contributed by atoms with van der Waals surface area (Å²) in [5.41, 5.74) is -0.184. The molecule has 0 spiro atoms. The number of carbonyl (C=O) groups is 2. The van der Waals surface area contributed by atoms with Crippen molar-refractivity contribution in [1.82, 2.24) is 4.90 Å². The molecule has 0 aromatic carbocycles. The van der Waals surface area contributed by atoms with Gasteiger partial charge >= 0.3 is 0 Å². The Morgan fingerprint density at radius 1 is 0.720 bits per heavy atom. The molecule has 0 aliphatic carbocycles. The predicted octanol–water partition coefficient (Wildman–Crippen LogP) is 3.29. The molecule has 25 heavy (non-hydrogen) atoms. The van der Waals surface area contributed by atoms with E-state index >= 15 is 0 Å². The van der Waals surface area contributed by atoms with E-state index in [0.29, 0.717) is 11.1 Å². The fraction of sp³-hybridized carbons (Fsp3) is 0.778.